The van der Waals surface area contributed by atoms with Crippen LogP contribution in [0.25, 0.3) is 10.9 Å². The molecule has 3 aromatic rings. The molecule has 2 aromatic carbocycles. The first-order chi connectivity index (χ1) is 10.1. The molecule has 0 radical (unpaired) electrons. The summed E-state index contributed by atoms with van der Waals surface area (Å²) in [4.78, 5) is 4.38. The van der Waals surface area contributed by atoms with E-state index in [1.54, 1.807) is 18.3 Å². The van der Waals surface area contributed by atoms with Crippen LogP contribution < -0.4 is 5.32 Å². The molecule has 4 heteroatoms. The summed E-state index contributed by atoms with van der Waals surface area (Å²) in [5.41, 5.74) is 3.67. The number of anilines is 1. The molecule has 0 unspecified atom stereocenters. The molecular weight excluding hydrogens is 287 g/mol. The average Bonchev–Trinajstić information content (AvgIpc) is 2.47. The Hall–Kier alpha value is -2.13. The van der Waals surface area contributed by atoms with Gasteiger partial charge in [-0.2, -0.15) is 0 Å². The number of hydrogen-bond acceptors (Lipinski definition) is 2. The molecule has 2 nitrogen and oxygen atoms in total. The molecule has 0 amide bonds. The number of pyridine rings is 1. The second-order valence-corrected chi connectivity index (χ2v) is 5.39. The number of halogens is 2. The number of fused-ring (bicyclic) bond motifs is 1. The Balaban J connectivity index is 1.93. The summed E-state index contributed by atoms with van der Waals surface area (Å²) in [7, 11) is 0. The van der Waals surface area contributed by atoms with E-state index in [2.05, 4.69) is 10.3 Å². The number of aryl methyl sites for hydroxylation is 1. The van der Waals surface area contributed by atoms with Crippen LogP contribution in [0.5, 0.6) is 0 Å². The predicted molar refractivity (Wildman–Crippen MR) is 85.2 cm³/mol. The number of aromatic nitrogens is 1. The minimum atomic E-state index is -0.230. The van der Waals surface area contributed by atoms with E-state index in [1.807, 2.05) is 31.2 Å². The lowest BCUT2D eigenvalue weighted by molar-refractivity contribution is 0.625. The Kier molecular flexibility index (Phi) is 3.76. The summed E-state index contributed by atoms with van der Waals surface area (Å²) in [6.07, 6.45) is 1.74. The van der Waals surface area contributed by atoms with Crippen LogP contribution in [0.3, 0.4) is 0 Å². The topological polar surface area (TPSA) is 24.9 Å². The summed E-state index contributed by atoms with van der Waals surface area (Å²) >= 11 is 6.13. The molecule has 0 saturated heterocycles. The summed E-state index contributed by atoms with van der Waals surface area (Å²) in [5.74, 6) is -0.230. The lowest BCUT2D eigenvalue weighted by atomic mass is 10.1. The Bertz CT molecular complexity index is 802. The van der Waals surface area contributed by atoms with E-state index in [1.165, 1.54) is 6.07 Å². The molecule has 0 aliphatic heterocycles. The molecule has 106 valence electrons. The molecular formula is C17H14ClFN2. The lowest BCUT2D eigenvalue weighted by Crippen LogP contribution is -2.03. The van der Waals surface area contributed by atoms with Crippen LogP contribution in [0.2, 0.25) is 5.02 Å². The molecule has 0 fully saturated rings. The SMILES string of the molecule is Cc1ccc(F)cc1CNc1cc(Cl)cc2cccnc12. The lowest BCUT2D eigenvalue weighted by Gasteiger charge is -2.11. The second-order valence-electron chi connectivity index (χ2n) is 4.95. The summed E-state index contributed by atoms with van der Waals surface area (Å²) in [6, 6.07) is 12.3. The molecule has 0 atom stereocenters. The van der Waals surface area contributed by atoms with Crippen LogP contribution in [0, 0.1) is 12.7 Å². The Morgan fingerprint density at radius 3 is 2.90 bits per heavy atom. The molecule has 3 rings (SSSR count). The van der Waals surface area contributed by atoms with Crippen molar-refractivity contribution in [2.45, 2.75) is 13.5 Å². The van der Waals surface area contributed by atoms with Crippen molar-refractivity contribution in [3.63, 3.8) is 0 Å². The highest BCUT2D eigenvalue weighted by Gasteiger charge is 2.06. The highest BCUT2D eigenvalue weighted by molar-refractivity contribution is 6.31. The molecule has 0 aliphatic rings. The first-order valence-electron chi connectivity index (χ1n) is 6.66. The number of benzene rings is 2. The van der Waals surface area contributed by atoms with Gasteiger partial charge in [-0.3, -0.25) is 4.98 Å². The third kappa shape index (κ3) is 2.98. The first kappa shape index (κ1) is 13.8. The fourth-order valence-electron chi connectivity index (χ4n) is 2.31. The summed E-state index contributed by atoms with van der Waals surface area (Å²) in [6.45, 7) is 2.49. The van der Waals surface area contributed by atoms with Gasteiger partial charge < -0.3 is 5.32 Å². The minimum Gasteiger partial charge on any atom is -0.379 e. The van der Waals surface area contributed by atoms with Gasteiger partial charge in [0.15, 0.2) is 0 Å². The molecule has 21 heavy (non-hydrogen) atoms. The standard InChI is InChI=1S/C17H14ClFN2/c1-11-4-5-15(19)8-13(11)10-21-16-9-14(18)7-12-3-2-6-20-17(12)16/h2-9,21H,10H2,1H3. The quantitative estimate of drug-likeness (QED) is 0.740. The maximum absolute atomic E-state index is 13.3. The monoisotopic (exact) mass is 300 g/mol. The van der Waals surface area contributed by atoms with E-state index in [0.717, 1.165) is 27.7 Å². The van der Waals surface area contributed by atoms with Crippen LogP contribution >= 0.6 is 11.6 Å². The fourth-order valence-corrected chi connectivity index (χ4v) is 2.54. The van der Waals surface area contributed by atoms with Crippen molar-refractivity contribution in [3.8, 4) is 0 Å². The summed E-state index contributed by atoms with van der Waals surface area (Å²) < 4.78 is 13.3. The van der Waals surface area contributed by atoms with Crippen molar-refractivity contribution in [2.75, 3.05) is 5.32 Å². The van der Waals surface area contributed by atoms with Crippen molar-refractivity contribution < 1.29 is 4.39 Å². The van der Waals surface area contributed by atoms with Gasteiger partial charge in [0.05, 0.1) is 11.2 Å². The van der Waals surface area contributed by atoms with Crippen LogP contribution in [0.15, 0.2) is 48.7 Å². The Labute approximate surface area is 127 Å². The van der Waals surface area contributed by atoms with Crippen molar-refractivity contribution in [2.24, 2.45) is 0 Å². The normalized spacial score (nSPS) is 10.8. The van der Waals surface area contributed by atoms with Crippen LogP contribution in [-0.2, 0) is 6.54 Å². The van der Waals surface area contributed by atoms with Gasteiger partial charge in [-0.1, -0.05) is 23.7 Å². The van der Waals surface area contributed by atoms with E-state index < -0.39 is 0 Å². The van der Waals surface area contributed by atoms with Gasteiger partial charge in [0.25, 0.3) is 0 Å². The van der Waals surface area contributed by atoms with Gasteiger partial charge in [-0.15, -0.1) is 0 Å². The smallest absolute Gasteiger partial charge is 0.123 e. The summed E-state index contributed by atoms with van der Waals surface area (Å²) in [5, 5.41) is 4.92. The number of hydrogen-bond donors (Lipinski definition) is 1. The molecule has 0 spiro atoms. The van der Waals surface area contributed by atoms with Gasteiger partial charge in [0.2, 0.25) is 0 Å². The second kappa shape index (κ2) is 5.70. The molecule has 0 aliphatic carbocycles. The van der Waals surface area contributed by atoms with Gasteiger partial charge >= 0.3 is 0 Å². The zero-order valence-corrected chi connectivity index (χ0v) is 12.3. The maximum atomic E-state index is 13.3. The van der Waals surface area contributed by atoms with Crippen LogP contribution in [-0.4, -0.2) is 4.98 Å². The molecule has 0 bridgehead atoms. The van der Waals surface area contributed by atoms with Crippen LogP contribution in [0.4, 0.5) is 10.1 Å². The van der Waals surface area contributed by atoms with E-state index >= 15 is 0 Å². The average molecular weight is 301 g/mol. The third-order valence-corrected chi connectivity index (χ3v) is 3.67. The molecule has 0 saturated carbocycles. The highest BCUT2D eigenvalue weighted by Crippen LogP contribution is 2.27. The van der Waals surface area contributed by atoms with Gasteiger partial charge in [-0.05, 0) is 48.4 Å². The number of nitrogens with one attached hydrogen (secondary N) is 1. The van der Waals surface area contributed by atoms with Gasteiger partial charge in [-0.25, -0.2) is 4.39 Å². The third-order valence-electron chi connectivity index (χ3n) is 3.45. The van der Waals surface area contributed by atoms with Crippen LogP contribution in [0.1, 0.15) is 11.1 Å². The van der Waals surface area contributed by atoms with Crippen molar-refractivity contribution >= 4 is 28.2 Å². The van der Waals surface area contributed by atoms with Crippen molar-refractivity contribution in [1.29, 1.82) is 0 Å². The molecule has 1 N–H and O–H groups in total. The minimum absolute atomic E-state index is 0.230. The van der Waals surface area contributed by atoms with E-state index in [9.17, 15) is 4.39 Å². The molecule has 1 aromatic heterocycles. The largest absolute Gasteiger partial charge is 0.379 e. The first-order valence-corrected chi connectivity index (χ1v) is 7.04. The Morgan fingerprint density at radius 2 is 2.05 bits per heavy atom. The zero-order chi connectivity index (χ0) is 14.8. The molecule has 1 heterocycles. The maximum Gasteiger partial charge on any atom is 0.123 e. The predicted octanol–water partition coefficient (Wildman–Crippen LogP) is 4.95. The van der Waals surface area contributed by atoms with Crippen molar-refractivity contribution in [1.82, 2.24) is 4.98 Å². The van der Waals surface area contributed by atoms with E-state index in [4.69, 9.17) is 11.6 Å². The fraction of sp³-hybridized carbons (Fsp3) is 0.118. The highest BCUT2D eigenvalue weighted by atomic mass is 35.5. The Morgan fingerprint density at radius 1 is 1.19 bits per heavy atom. The van der Waals surface area contributed by atoms with Crippen molar-refractivity contribution in [3.05, 3.63) is 70.6 Å². The zero-order valence-electron chi connectivity index (χ0n) is 11.5. The van der Waals surface area contributed by atoms with E-state index in [-0.39, 0.29) is 5.82 Å². The van der Waals surface area contributed by atoms with E-state index in [0.29, 0.717) is 11.6 Å². The van der Waals surface area contributed by atoms with Gasteiger partial charge in [0, 0.05) is 23.2 Å². The number of rotatable bonds is 3. The van der Waals surface area contributed by atoms with Gasteiger partial charge in [0.1, 0.15) is 5.82 Å². The number of nitrogens with zero attached hydrogens (tertiary/aromatic N) is 1.